The van der Waals surface area contributed by atoms with E-state index in [9.17, 15) is 0 Å². The van der Waals surface area contributed by atoms with Crippen LogP contribution in [0.25, 0.3) is 0 Å². The average molecular weight is 313 g/mol. The molecular formula is C17H32O3Si. The zero-order valence-corrected chi connectivity index (χ0v) is 15.3. The smallest absolute Gasteiger partial charge is 0.374 e. The summed E-state index contributed by atoms with van der Waals surface area (Å²) < 4.78 is 18.5. The molecule has 2 aliphatic carbocycles. The zero-order valence-electron chi connectivity index (χ0n) is 14.3. The minimum atomic E-state index is -2.54. The van der Waals surface area contributed by atoms with E-state index < -0.39 is 8.80 Å². The second-order valence-electron chi connectivity index (χ2n) is 7.03. The molecule has 0 radical (unpaired) electrons. The van der Waals surface area contributed by atoms with Crippen LogP contribution in [0.15, 0.2) is 12.2 Å². The van der Waals surface area contributed by atoms with Gasteiger partial charge in [-0.25, -0.2) is 0 Å². The van der Waals surface area contributed by atoms with Crippen molar-refractivity contribution in [3.05, 3.63) is 12.2 Å². The lowest BCUT2D eigenvalue weighted by Crippen LogP contribution is -2.49. The van der Waals surface area contributed by atoms with E-state index in [1.54, 1.807) is 0 Å². The first-order chi connectivity index (χ1) is 9.94. The summed E-state index contributed by atoms with van der Waals surface area (Å²) in [6, 6.07) is 0.957. The number of hydrogen-bond donors (Lipinski definition) is 0. The van der Waals surface area contributed by atoms with Crippen LogP contribution in [0.1, 0.15) is 53.9 Å². The molecule has 0 amide bonds. The molecule has 0 spiro atoms. The Bertz CT molecular complexity index is 344. The van der Waals surface area contributed by atoms with Crippen LogP contribution in [-0.2, 0) is 13.3 Å². The van der Waals surface area contributed by atoms with E-state index in [1.807, 2.05) is 6.92 Å². The fourth-order valence-electron chi connectivity index (χ4n) is 3.81. The standard InChI is InChI=1S/C17H32O3Si/c1-6-18-21(19-13(2)3,20-14(4)5)10-9-17-12-15-7-8-16(17)11-15/h7-8,13-17H,6,9-12H2,1-5H3. The lowest BCUT2D eigenvalue weighted by molar-refractivity contribution is 0.0207. The fourth-order valence-corrected chi connectivity index (χ4v) is 6.99. The first kappa shape index (κ1) is 17.2. The van der Waals surface area contributed by atoms with E-state index in [1.165, 1.54) is 19.3 Å². The van der Waals surface area contributed by atoms with Crippen LogP contribution in [0.5, 0.6) is 0 Å². The van der Waals surface area contributed by atoms with E-state index in [4.69, 9.17) is 13.3 Å². The molecule has 2 bridgehead atoms. The van der Waals surface area contributed by atoms with Gasteiger partial charge in [0, 0.05) is 24.9 Å². The first-order valence-electron chi connectivity index (χ1n) is 8.62. The van der Waals surface area contributed by atoms with Crippen LogP contribution in [0.3, 0.4) is 0 Å². The fraction of sp³-hybridized carbons (Fsp3) is 0.882. The summed E-state index contributed by atoms with van der Waals surface area (Å²) in [4.78, 5) is 0. The minimum absolute atomic E-state index is 0.155. The molecule has 1 fully saturated rings. The van der Waals surface area contributed by atoms with Gasteiger partial charge in [-0.2, -0.15) is 0 Å². The lowest BCUT2D eigenvalue weighted by atomic mass is 9.91. The van der Waals surface area contributed by atoms with Crippen LogP contribution in [0.2, 0.25) is 6.04 Å². The molecule has 2 rings (SSSR count). The molecule has 2 aliphatic rings. The maximum Gasteiger partial charge on any atom is 0.501 e. The molecule has 3 unspecified atom stereocenters. The molecule has 3 atom stereocenters. The number of hydrogen-bond acceptors (Lipinski definition) is 3. The molecule has 0 aliphatic heterocycles. The third kappa shape index (κ3) is 4.65. The van der Waals surface area contributed by atoms with Gasteiger partial charge in [0.25, 0.3) is 0 Å². The number of rotatable bonds is 9. The van der Waals surface area contributed by atoms with E-state index in [0.29, 0.717) is 6.61 Å². The molecule has 21 heavy (non-hydrogen) atoms. The maximum atomic E-state index is 6.21. The number of allylic oxidation sites excluding steroid dienone is 2. The van der Waals surface area contributed by atoms with Crippen molar-refractivity contribution < 1.29 is 13.3 Å². The molecule has 0 saturated heterocycles. The highest BCUT2D eigenvalue weighted by atomic mass is 28.4. The van der Waals surface area contributed by atoms with Crippen molar-refractivity contribution in [1.82, 2.24) is 0 Å². The van der Waals surface area contributed by atoms with Gasteiger partial charge in [0.1, 0.15) is 0 Å². The summed E-state index contributed by atoms with van der Waals surface area (Å²) in [7, 11) is -2.54. The predicted molar refractivity (Wildman–Crippen MR) is 88.1 cm³/mol. The van der Waals surface area contributed by atoms with Crippen molar-refractivity contribution in [2.75, 3.05) is 6.61 Å². The highest BCUT2D eigenvalue weighted by Gasteiger charge is 2.45. The largest absolute Gasteiger partial charge is 0.501 e. The summed E-state index contributed by atoms with van der Waals surface area (Å²) >= 11 is 0. The Hall–Kier alpha value is -0.163. The summed E-state index contributed by atoms with van der Waals surface area (Å²) in [6.07, 6.45) is 9.03. The molecule has 122 valence electrons. The first-order valence-corrected chi connectivity index (χ1v) is 10.5. The summed E-state index contributed by atoms with van der Waals surface area (Å²) in [6.45, 7) is 11.0. The van der Waals surface area contributed by atoms with Gasteiger partial charge in [-0.15, -0.1) is 0 Å². The molecule has 0 aromatic rings. The van der Waals surface area contributed by atoms with Gasteiger partial charge in [0.2, 0.25) is 0 Å². The molecule has 3 nitrogen and oxygen atoms in total. The van der Waals surface area contributed by atoms with Crippen molar-refractivity contribution in [2.24, 2.45) is 17.8 Å². The molecule has 0 aromatic heterocycles. The highest BCUT2D eigenvalue weighted by molar-refractivity contribution is 6.60. The van der Waals surface area contributed by atoms with Gasteiger partial charge in [-0.05, 0) is 71.6 Å². The second-order valence-corrected chi connectivity index (χ2v) is 9.65. The van der Waals surface area contributed by atoms with Gasteiger partial charge >= 0.3 is 8.80 Å². The van der Waals surface area contributed by atoms with E-state index in [2.05, 4.69) is 39.8 Å². The Morgan fingerprint density at radius 2 is 1.71 bits per heavy atom. The van der Waals surface area contributed by atoms with Crippen LogP contribution in [0.4, 0.5) is 0 Å². The molecule has 1 saturated carbocycles. The van der Waals surface area contributed by atoms with Crippen LogP contribution >= 0.6 is 0 Å². The molecule has 0 aromatic carbocycles. The van der Waals surface area contributed by atoms with Crippen molar-refractivity contribution in [1.29, 1.82) is 0 Å². The molecular weight excluding hydrogens is 280 g/mol. The summed E-state index contributed by atoms with van der Waals surface area (Å²) in [5, 5.41) is 0. The van der Waals surface area contributed by atoms with Crippen molar-refractivity contribution in [3.63, 3.8) is 0 Å². The number of fused-ring (bicyclic) bond motifs is 2. The average Bonchev–Trinajstić information content (AvgIpc) is 2.97. The Balaban J connectivity index is 1.97. The third-order valence-electron chi connectivity index (χ3n) is 4.43. The SMILES string of the molecule is CCO[Si](CCC1CC2C=CC1C2)(OC(C)C)OC(C)C. The van der Waals surface area contributed by atoms with Gasteiger partial charge in [-0.3, -0.25) is 0 Å². The maximum absolute atomic E-state index is 6.21. The van der Waals surface area contributed by atoms with Gasteiger partial charge in [0.15, 0.2) is 0 Å². The summed E-state index contributed by atoms with van der Waals surface area (Å²) in [5.41, 5.74) is 0. The van der Waals surface area contributed by atoms with Gasteiger partial charge < -0.3 is 13.3 Å². The third-order valence-corrected chi connectivity index (χ3v) is 7.72. The Kier molecular flexibility index (Phi) is 6.06. The van der Waals surface area contributed by atoms with E-state index >= 15 is 0 Å². The van der Waals surface area contributed by atoms with Crippen molar-refractivity contribution >= 4 is 8.80 Å². The Labute approximate surface area is 131 Å². The Morgan fingerprint density at radius 1 is 1.05 bits per heavy atom. The van der Waals surface area contributed by atoms with E-state index in [0.717, 1.165) is 23.8 Å². The monoisotopic (exact) mass is 312 g/mol. The quantitative estimate of drug-likeness (QED) is 0.466. The lowest BCUT2D eigenvalue weighted by Gasteiger charge is -2.34. The van der Waals surface area contributed by atoms with Crippen LogP contribution in [-0.4, -0.2) is 27.6 Å². The second kappa shape index (κ2) is 7.40. The summed E-state index contributed by atoms with van der Waals surface area (Å²) in [5.74, 6) is 2.43. The molecule has 4 heteroatoms. The highest BCUT2D eigenvalue weighted by Crippen LogP contribution is 2.46. The van der Waals surface area contributed by atoms with Crippen LogP contribution < -0.4 is 0 Å². The normalized spacial score (nSPS) is 28.2. The van der Waals surface area contributed by atoms with Gasteiger partial charge in [0.05, 0.1) is 0 Å². The minimum Gasteiger partial charge on any atom is -0.374 e. The Morgan fingerprint density at radius 3 is 2.14 bits per heavy atom. The van der Waals surface area contributed by atoms with Crippen molar-refractivity contribution in [3.8, 4) is 0 Å². The van der Waals surface area contributed by atoms with E-state index in [-0.39, 0.29) is 12.2 Å². The van der Waals surface area contributed by atoms with Crippen molar-refractivity contribution in [2.45, 2.75) is 72.1 Å². The van der Waals surface area contributed by atoms with Crippen LogP contribution in [0, 0.1) is 17.8 Å². The zero-order chi connectivity index (χ0) is 15.5. The predicted octanol–water partition coefficient (Wildman–Crippen LogP) is 4.41. The topological polar surface area (TPSA) is 27.7 Å². The van der Waals surface area contributed by atoms with Gasteiger partial charge in [-0.1, -0.05) is 12.2 Å². The molecule has 0 heterocycles. The molecule has 0 N–H and O–H groups in total.